The van der Waals surface area contributed by atoms with E-state index in [1.807, 2.05) is 84.9 Å². The average molecular weight is 454 g/mol. The topological polar surface area (TPSA) is 64.6 Å². The van der Waals surface area contributed by atoms with Crippen molar-refractivity contribution in [2.24, 2.45) is 11.3 Å². The van der Waals surface area contributed by atoms with Gasteiger partial charge in [0, 0.05) is 17.2 Å². The Kier molecular flexibility index (Phi) is 5.93. The molecule has 5 heteroatoms. The molecule has 0 aromatic heterocycles. The van der Waals surface area contributed by atoms with E-state index in [4.69, 9.17) is 9.47 Å². The van der Waals surface area contributed by atoms with Crippen LogP contribution in [0.4, 0.5) is 5.69 Å². The van der Waals surface area contributed by atoms with Gasteiger partial charge in [-0.15, -0.1) is 0 Å². The number of carbonyl (C=O) groups is 2. The predicted molar refractivity (Wildman–Crippen MR) is 130 cm³/mol. The summed E-state index contributed by atoms with van der Waals surface area (Å²) in [4.78, 5) is 25.8. The Morgan fingerprint density at radius 1 is 1.03 bits per heavy atom. The number of rotatable bonds is 7. The lowest BCUT2D eigenvalue weighted by Gasteiger charge is -2.24. The molecular weight excluding hydrogens is 426 g/mol. The lowest BCUT2D eigenvalue weighted by Crippen LogP contribution is -2.31. The maximum Gasteiger partial charge on any atom is 0.313 e. The zero-order valence-corrected chi connectivity index (χ0v) is 18.9. The molecule has 5 nitrogen and oxygen atoms in total. The van der Waals surface area contributed by atoms with Crippen molar-refractivity contribution in [2.45, 2.75) is 25.4 Å². The maximum absolute atomic E-state index is 13.2. The number of nitrogens with one attached hydrogen (secondary N) is 1. The Balaban J connectivity index is 1.31. The molecule has 3 aromatic carbocycles. The van der Waals surface area contributed by atoms with Crippen LogP contribution in [0, 0.1) is 11.3 Å². The zero-order valence-electron chi connectivity index (χ0n) is 18.9. The Hall–Kier alpha value is -3.86. The number of cyclic esters (lactones) is 1. The first-order valence-corrected chi connectivity index (χ1v) is 11.5. The second-order valence-corrected chi connectivity index (χ2v) is 9.17. The van der Waals surface area contributed by atoms with E-state index < -0.39 is 11.5 Å². The van der Waals surface area contributed by atoms with Crippen LogP contribution in [0.2, 0.25) is 0 Å². The number of allylic oxidation sites excluding steroid dienone is 1. The number of esters is 1. The molecular formula is C29H27NO4. The van der Waals surface area contributed by atoms with Crippen molar-refractivity contribution in [3.05, 3.63) is 108 Å². The fourth-order valence-corrected chi connectivity index (χ4v) is 5.08. The molecule has 2 aliphatic rings. The van der Waals surface area contributed by atoms with Crippen molar-refractivity contribution >= 4 is 17.6 Å². The first-order chi connectivity index (χ1) is 16.5. The molecule has 1 amide bonds. The Labute approximate surface area is 199 Å². The van der Waals surface area contributed by atoms with E-state index >= 15 is 0 Å². The van der Waals surface area contributed by atoms with Crippen LogP contribution in [0.1, 0.15) is 30.1 Å². The molecule has 2 fully saturated rings. The van der Waals surface area contributed by atoms with Crippen molar-refractivity contribution in [2.75, 3.05) is 11.9 Å². The summed E-state index contributed by atoms with van der Waals surface area (Å²) >= 11 is 0. The first kappa shape index (κ1) is 22.0. The summed E-state index contributed by atoms with van der Waals surface area (Å²) < 4.78 is 11.4. The molecule has 34 heavy (non-hydrogen) atoms. The van der Waals surface area contributed by atoms with Gasteiger partial charge in [0.1, 0.15) is 5.75 Å². The fourth-order valence-electron chi connectivity index (χ4n) is 5.08. The molecule has 0 spiro atoms. The van der Waals surface area contributed by atoms with Gasteiger partial charge in [0.2, 0.25) is 6.10 Å². The van der Waals surface area contributed by atoms with Crippen molar-refractivity contribution in [3.8, 4) is 5.75 Å². The molecule has 5 rings (SSSR count). The molecule has 0 bridgehead atoms. The van der Waals surface area contributed by atoms with Crippen molar-refractivity contribution in [1.29, 1.82) is 0 Å². The molecule has 3 aromatic rings. The van der Waals surface area contributed by atoms with Gasteiger partial charge in [-0.1, -0.05) is 72.8 Å². The number of benzene rings is 3. The van der Waals surface area contributed by atoms with E-state index in [1.165, 1.54) is 0 Å². The minimum absolute atomic E-state index is 0.114. The molecule has 1 heterocycles. The minimum atomic E-state index is -0.791. The number of amides is 1. The molecule has 3 atom stereocenters. The van der Waals surface area contributed by atoms with Gasteiger partial charge in [0.05, 0.1) is 12.0 Å². The van der Waals surface area contributed by atoms with E-state index in [9.17, 15) is 9.59 Å². The van der Waals surface area contributed by atoms with Crippen molar-refractivity contribution in [1.82, 2.24) is 0 Å². The highest BCUT2D eigenvalue weighted by Gasteiger charge is 2.55. The summed E-state index contributed by atoms with van der Waals surface area (Å²) in [5.41, 5.74) is 3.11. The van der Waals surface area contributed by atoms with Crippen LogP contribution >= 0.6 is 0 Å². The molecule has 0 radical (unpaired) electrons. The number of hydrogen-bond donors (Lipinski definition) is 1. The van der Waals surface area contributed by atoms with Crippen LogP contribution in [0.5, 0.6) is 5.75 Å². The molecule has 1 saturated carbocycles. The number of anilines is 1. The Morgan fingerprint density at radius 2 is 1.71 bits per heavy atom. The number of hydrogen-bond acceptors (Lipinski definition) is 4. The van der Waals surface area contributed by atoms with Gasteiger partial charge in [0.25, 0.3) is 5.91 Å². The normalized spacial score (nSPS) is 22.1. The molecule has 1 saturated heterocycles. The van der Waals surface area contributed by atoms with Gasteiger partial charge in [-0.2, -0.15) is 0 Å². The van der Waals surface area contributed by atoms with Gasteiger partial charge >= 0.3 is 5.97 Å². The highest BCUT2D eigenvalue weighted by atomic mass is 16.5. The number of para-hydroxylation sites is 1. The third-order valence-electron chi connectivity index (χ3n) is 6.78. The molecule has 172 valence electrons. The van der Waals surface area contributed by atoms with E-state index in [-0.39, 0.29) is 17.8 Å². The van der Waals surface area contributed by atoms with Crippen LogP contribution < -0.4 is 10.1 Å². The Bertz CT molecular complexity index is 1190. The Morgan fingerprint density at radius 3 is 2.41 bits per heavy atom. The van der Waals surface area contributed by atoms with Gasteiger partial charge in [-0.25, -0.2) is 0 Å². The zero-order chi connectivity index (χ0) is 23.5. The summed E-state index contributed by atoms with van der Waals surface area (Å²) in [7, 11) is 0. The lowest BCUT2D eigenvalue weighted by molar-refractivity contribution is -0.146. The summed E-state index contributed by atoms with van der Waals surface area (Å²) in [5.74, 6) is 0.455. The smallest absolute Gasteiger partial charge is 0.313 e. The van der Waals surface area contributed by atoms with Crippen molar-refractivity contribution in [3.63, 3.8) is 0 Å². The van der Waals surface area contributed by atoms with E-state index in [0.29, 0.717) is 30.9 Å². The van der Waals surface area contributed by atoms with Crippen molar-refractivity contribution < 1.29 is 19.1 Å². The summed E-state index contributed by atoms with van der Waals surface area (Å²) in [6.45, 7) is 4.59. The summed E-state index contributed by atoms with van der Waals surface area (Å²) in [5, 5.41) is 2.97. The van der Waals surface area contributed by atoms with Crippen LogP contribution in [0.3, 0.4) is 0 Å². The van der Waals surface area contributed by atoms with Crippen LogP contribution in [-0.4, -0.2) is 18.5 Å². The maximum atomic E-state index is 13.2. The summed E-state index contributed by atoms with van der Waals surface area (Å²) in [6, 6.07) is 26.4. The number of carbonyl (C=O) groups excluding carboxylic acids is 2. The third kappa shape index (κ3) is 4.34. The number of fused-ring (bicyclic) bond motifs is 1. The van der Waals surface area contributed by atoms with E-state index in [0.717, 1.165) is 23.1 Å². The SMILES string of the molecule is C=C1CC2COC(=O)C2(Cc2ccc(NC(=O)C(Oc3ccccc3)c3ccccc3)cc2)C1. The molecule has 1 N–H and O–H groups in total. The lowest BCUT2D eigenvalue weighted by atomic mass is 9.75. The predicted octanol–water partition coefficient (Wildman–Crippen LogP) is 5.50. The molecule has 1 aliphatic carbocycles. The third-order valence-corrected chi connectivity index (χ3v) is 6.78. The van der Waals surface area contributed by atoms with Gasteiger partial charge in [-0.05, 0) is 49.1 Å². The van der Waals surface area contributed by atoms with Crippen LogP contribution in [-0.2, 0) is 20.7 Å². The van der Waals surface area contributed by atoms with E-state index in [1.54, 1.807) is 0 Å². The molecule has 1 aliphatic heterocycles. The highest BCUT2D eigenvalue weighted by molar-refractivity contribution is 5.95. The largest absolute Gasteiger partial charge is 0.476 e. The first-order valence-electron chi connectivity index (χ1n) is 11.5. The van der Waals surface area contributed by atoms with Crippen LogP contribution in [0.25, 0.3) is 0 Å². The minimum Gasteiger partial charge on any atom is -0.476 e. The highest BCUT2D eigenvalue weighted by Crippen LogP contribution is 2.52. The average Bonchev–Trinajstić information content (AvgIpc) is 3.33. The van der Waals surface area contributed by atoms with Gasteiger partial charge < -0.3 is 14.8 Å². The second kappa shape index (κ2) is 9.18. The number of ether oxygens (including phenoxy) is 2. The standard InChI is InChI=1S/C29H27NO4/c1-20-16-23-19-33-28(32)29(23,17-20)18-21-12-14-24(15-13-21)30-27(31)26(22-8-4-2-5-9-22)34-25-10-6-3-7-11-25/h2-15,23,26H,1,16-19H2,(H,30,31). The van der Waals surface area contributed by atoms with Gasteiger partial charge in [0.15, 0.2) is 0 Å². The quantitative estimate of drug-likeness (QED) is 0.379. The fraction of sp³-hybridized carbons (Fsp3) is 0.241. The van der Waals surface area contributed by atoms with Crippen LogP contribution in [0.15, 0.2) is 97.1 Å². The summed E-state index contributed by atoms with van der Waals surface area (Å²) in [6.07, 6.45) is 1.36. The second-order valence-electron chi connectivity index (χ2n) is 9.17. The monoisotopic (exact) mass is 453 g/mol. The van der Waals surface area contributed by atoms with E-state index in [2.05, 4.69) is 11.9 Å². The molecule has 3 unspecified atom stereocenters. The van der Waals surface area contributed by atoms with Gasteiger partial charge in [-0.3, -0.25) is 9.59 Å².